The van der Waals surface area contributed by atoms with Gasteiger partial charge in [0.2, 0.25) is 0 Å². The first-order valence-corrected chi connectivity index (χ1v) is 8.55. The van der Waals surface area contributed by atoms with Crippen molar-refractivity contribution >= 4 is 11.7 Å². The molecule has 0 aliphatic rings. The molecule has 0 saturated carbocycles. The molecular weight excluding hydrogens is 345 g/mol. The number of hydrogen-bond donors (Lipinski definition) is 2. The first kappa shape index (κ1) is 18.4. The van der Waals surface area contributed by atoms with Crippen LogP contribution < -0.4 is 10.6 Å². The van der Waals surface area contributed by atoms with E-state index in [-0.39, 0.29) is 17.8 Å². The lowest BCUT2D eigenvalue weighted by molar-refractivity contribution is 0.0963. The second kappa shape index (κ2) is 8.35. The number of aromatic nitrogens is 3. The second-order valence-corrected chi connectivity index (χ2v) is 6.07. The number of carbonyl (C=O) groups excluding carboxylic acids is 1. The van der Waals surface area contributed by atoms with Gasteiger partial charge in [-0.05, 0) is 36.8 Å². The Morgan fingerprint density at radius 2 is 1.89 bits per heavy atom. The van der Waals surface area contributed by atoms with Crippen LogP contribution in [0.15, 0.2) is 55.0 Å². The molecule has 3 rings (SSSR count). The maximum absolute atomic E-state index is 13.2. The van der Waals surface area contributed by atoms with Crippen molar-refractivity contribution in [3.05, 3.63) is 83.3 Å². The highest BCUT2D eigenvalue weighted by atomic mass is 19.1. The zero-order chi connectivity index (χ0) is 19.2. The second-order valence-electron chi connectivity index (χ2n) is 6.07. The Labute approximate surface area is 156 Å². The fraction of sp³-hybridized carbons (Fsp3) is 0.200. The Morgan fingerprint density at radius 3 is 2.56 bits per heavy atom. The van der Waals surface area contributed by atoms with Crippen LogP contribution in [-0.2, 0) is 6.42 Å². The molecule has 27 heavy (non-hydrogen) atoms. The summed E-state index contributed by atoms with van der Waals surface area (Å²) in [7, 11) is 1.57. The van der Waals surface area contributed by atoms with Crippen molar-refractivity contribution in [3.8, 4) is 0 Å². The molecule has 7 heteroatoms. The maximum atomic E-state index is 13.2. The van der Waals surface area contributed by atoms with Crippen LogP contribution in [0.3, 0.4) is 0 Å². The van der Waals surface area contributed by atoms with E-state index in [0.29, 0.717) is 17.8 Å². The molecule has 0 spiro atoms. The van der Waals surface area contributed by atoms with Crippen molar-refractivity contribution in [3.63, 3.8) is 0 Å². The Balaban J connectivity index is 1.88. The smallest absolute Gasteiger partial charge is 0.254 e. The number of nitrogens with zero attached hydrogens (tertiary/aromatic N) is 3. The van der Waals surface area contributed by atoms with E-state index in [0.717, 1.165) is 17.0 Å². The van der Waals surface area contributed by atoms with Gasteiger partial charge in [0, 0.05) is 43.8 Å². The molecule has 0 aliphatic heterocycles. The van der Waals surface area contributed by atoms with E-state index in [9.17, 15) is 9.18 Å². The Bertz CT molecular complexity index is 915. The fourth-order valence-corrected chi connectivity index (χ4v) is 2.67. The molecule has 3 aromatic rings. The van der Waals surface area contributed by atoms with Crippen molar-refractivity contribution in [2.45, 2.75) is 19.4 Å². The van der Waals surface area contributed by atoms with Gasteiger partial charge in [0.05, 0.1) is 11.3 Å². The van der Waals surface area contributed by atoms with E-state index < -0.39 is 0 Å². The summed E-state index contributed by atoms with van der Waals surface area (Å²) in [5, 5.41) is 5.88. The molecule has 0 fully saturated rings. The number of halogens is 1. The third-order valence-electron chi connectivity index (χ3n) is 4.13. The molecule has 0 saturated heterocycles. The minimum Gasteiger partial charge on any atom is -0.363 e. The highest BCUT2D eigenvalue weighted by Crippen LogP contribution is 2.22. The average Bonchev–Trinajstić information content (AvgIpc) is 2.69. The molecule has 1 atom stereocenters. The standard InChI is InChI=1S/C20H20FN5O/c1-13(14-3-5-15(21)6-4-14)25-19-18(20(27)22-2)8-7-16(26-19)11-17-12-23-9-10-24-17/h3-10,12-13H,11H2,1-2H3,(H,22,27)(H,25,26)/t13-/m0/s1. The first-order valence-electron chi connectivity index (χ1n) is 8.55. The SMILES string of the molecule is CNC(=O)c1ccc(Cc2cnccn2)nc1N[C@@H](C)c1ccc(F)cc1. The number of nitrogens with one attached hydrogen (secondary N) is 2. The number of amides is 1. The largest absolute Gasteiger partial charge is 0.363 e. The predicted molar refractivity (Wildman–Crippen MR) is 101 cm³/mol. The summed E-state index contributed by atoms with van der Waals surface area (Å²) < 4.78 is 13.2. The number of carbonyl (C=O) groups is 1. The van der Waals surface area contributed by atoms with E-state index in [1.165, 1.54) is 12.1 Å². The summed E-state index contributed by atoms with van der Waals surface area (Å²) in [5.41, 5.74) is 2.88. The molecule has 2 heterocycles. The van der Waals surface area contributed by atoms with E-state index in [1.54, 1.807) is 49.9 Å². The Hall–Kier alpha value is -3.35. The van der Waals surface area contributed by atoms with Crippen LogP contribution in [0.1, 0.15) is 40.3 Å². The third-order valence-corrected chi connectivity index (χ3v) is 4.13. The van der Waals surface area contributed by atoms with Gasteiger partial charge in [-0.3, -0.25) is 14.8 Å². The molecule has 2 aromatic heterocycles. The van der Waals surface area contributed by atoms with E-state index in [4.69, 9.17) is 0 Å². The van der Waals surface area contributed by atoms with Crippen molar-refractivity contribution < 1.29 is 9.18 Å². The molecule has 6 nitrogen and oxygen atoms in total. The van der Waals surface area contributed by atoms with Crippen molar-refractivity contribution in [1.29, 1.82) is 0 Å². The molecule has 0 bridgehead atoms. The molecule has 1 amide bonds. The summed E-state index contributed by atoms with van der Waals surface area (Å²) in [6.07, 6.45) is 5.43. The lowest BCUT2D eigenvalue weighted by Gasteiger charge is -2.18. The van der Waals surface area contributed by atoms with Crippen LogP contribution in [0, 0.1) is 5.82 Å². The van der Waals surface area contributed by atoms with E-state index in [2.05, 4.69) is 25.6 Å². The van der Waals surface area contributed by atoms with Gasteiger partial charge in [-0.15, -0.1) is 0 Å². The maximum Gasteiger partial charge on any atom is 0.254 e. The summed E-state index contributed by atoms with van der Waals surface area (Å²) >= 11 is 0. The molecule has 0 radical (unpaired) electrons. The van der Waals surface area contributed by atoms with Crippen LogP contribution >= 0.6 is 0 Å². The summed E-state index contributed by atoms with van der Waals surface area (Å²) in [6.45, 7) is 1.93. The van der Waals surface area contributed by atoms with Crippen LogP contribution in [0.4, 0.5) is 10.2 Å². The molecule has 1 aromatic carbocycles. The minimum absolute atomic E-state index is 0.159. The van der Waals surface area contributed by atoms with Gasteiger partial charge in [0.25, 0.3) is 5.91 Å². The Kier molecular flexibility index (Phi) is 5.71. The number of hydrogen-bond acceptors (Lipinski definition) is 5. The normalized spacial score (nSPS) is 11.7. The zero-order valence-electron chi connectivity index (χ0n) is 15.1. The van der Waals surface area contributed by atoms with Gasteiger partial charge in [-0.2, -0.15) is 0 Å². The zero-order valence-corrected chi connectivity index (χ0v) is 15.1. The van der Waals surface area contributed by atoms with E-state index >= 15 is 0 Å². The molecule has 0 unspecified atom stereocenters. The lowest BCUT2D eigenvalue weighted by Crippen LogP contribution is -2.21. The first-order chi connectivity index (χ1) is 13.1. The summed E-state index contributed by atoms with van der Waals surface area (Å²) in [4.78, 5) is 25.1. The Morgan fingerprint density at radius 1 is 1.11 bits per heavy atom. The van der Waals surface area contributed by atoms with Crippen LogP contribution in [-0.4, -0.2) is 27.9 Å². The molecule has 138 valence electrons. The van der Waals surface area contributed by atoms with Crippen LogP contribution in [0.25, 0.3) is 0 Å². The topological polar surface area (TPSA) is 79.8 Å². The lowest BCUT2D eigenvalue weighted by atomic mass is 10.1. The van der Waals surface area contributed by atoms with Gasteiger partial charge in [0.1, 0.15) is 11.6 Å². The molecular formula is C20H20FN5O. The van der Waals surface area contributed by atoms with Crippen LogP contribution in [0.2, 0.25) is 0 Å². The number of pyridine rings is 1. The van der Waals surface area contributed by atoms with Crippen molar-refractivity contribution in [2.24, 2.45) is 0 Å². The average molecular weight is 365 g/mol. The quantitative estimate of drug-likeness (QED) is 0.702. The predicted octanol–water partition coefficient (Wildman–Crippen LogP) is 3.13. The van der Waals surface area contributed by atoms with Gasteiger partial charge >= 0.3 is 0 Å². The van der Waals surface area contributed by atoms with E-state index in [1.807, 2.05) is 6.92 Å². The van der Waals surface area contributed by atoms with Gasteiger partial charge in [-0.25, -0.2) is 9.37 Å². The van der Waals surface area contributed by atoms with Crippen molar-refractivity contribution in [1.82, 2.24) is 20.3 Å². The van der Waals surface area contributed by atoms with Gasteiger partial charge < -0.3 is 10.6 Å². The van der Waals surface area contributed by atoms with Crippen LogP contribution in [0.5, 0.6) is 0 Å². The summed E-state index contributed by atoms with van der Waals surface area (Å²) in [6, 6.07) is 9.60. The highest BCUT2D eigenvalue weighted by Gasteiger charge is 2.16. The summed E-state index contributed by atoms with van der Waals surface area (Å²) in [5.74, 6) is -0.0592. The number of benzene rings is 1. The van der Waals surface area contributed by atoms with Gasteiger partial charge in [0.15, 0.2) is 0 Å². The third kappa shape index (κ3) is 4.63. The highest BCUT2D eigenvalue weighted by molar-refractivity contribution is 5.98. The van der Waals surface area contributed by atoms with Crippen molar-refractivity contribution in [2.75, 3.05) is 12.4 Å². The number of anilines is 1. The molecule has 2 N–H and O–H groups in total. The fourth-order valence-electron chi connectivity index (χ4n) is 2.67. The monoisotopic (exact) mass is 365 g/mol. The van der Waals surface area contributed by atoms with Gasteiger partial charge in [-0.1, -0.05) is 12.1 Å². The number of rotatable bonds is 6. The molecule has 0 aliphatic carbocycles. The minimum atomic E-state index is -0.291.